The Balaban J connectivity index is 1.90. The zero-order valence-corrected chi connectivity index (χ0v) is 13.6. The first kappa shape index (κ1) is 16.5. The van der Waals surface area contributed by atoms with Gasteiger partial charge in [0.25, 0.3) is 0 Å². The van der Waals surface area contributed by atoms with Gasteiger partial charge in [-0.2, -0.15) is 0 Å². The summed E-state index contributed by atoms with van der Waals surface area (Å²) in [5.41, 5.74) is 7.19. The highest BCUT2D eigenvalue weighted by Crippen LogP contribution is 2.21. The molecule has 21 heavy (non-hydrogen) atoms. The van der Waals surface area contributed by atoms with E-state index < -0.39 is 10.8 Å². The van der Waals surface area contributed by atoms with Crippen molar-refractivity contribution in [2.24, 2.45) is 5.73 Å². The first-order chi connectivity index (χ1) is 10.1. The SMILES string of the molecule is CC(C)Oc1ccc(C(N)CS(=O)C2CCOCC2)cc1. The number of rotatable bonds is 6. The van der Waals surface area contributed by atoms with E-state index in [0.717, 1.165) is 24.2 Å². The molecule has 1 aromatic rings. The standard InChI is InChI=1S/C16H25NO3S/c1-12(2)20-14-5-3-13(4-6-14)16(17)11-21(18)15-7-9-19-10-8-15/h3-6,12,15-16H,7-11,17H2,1-2H3. The quantitative estimate of drug-likeness (QED) is 0.876. The van der Waals surface area contributed by atoms with E-state index in [4.69, 9.17) is 15.2 Å². The molecule has 1 saturated heterocycles. The van der Waals surface area contributed by atoms with Crippen molar-refractivity contribution in [3.63, 3.8) is 0 Å². The lowest BCUT2D eigenvalue weighted by Gasteiger charge is -2.23. The summed E-state index contributed by atoms with van der Waals surface area (Å²) >= 11 is 0. The third kappa shape index (κ3) is 5.09. The Morgan fingerprint density at radius 2 is 1.90 bits per heavy atom. The average Bonchev–Trinajstić information content (AvgIpc) is 2.48. The Hall–Kier alpha value is -0.910. The molecular formula is C16H25NO3S. The predicted octanol–water partition coefficient (Wildman–Crippen LogP) is 2.40. The highest BCUT2D eigenvalue weighted by molar-refractivity contribution is 7.85. The number of nitrogens with two attached hydrogens (primary N) is 1. The van der Waals surface area contributed by atoms with Gasteiger partial charge in [-0.05, 0) is 44.4 Å². The second kappa shape index (κ2) is 7.92. The molecule has 1 aromatic carbocycles. The molecule has 0 aliphatic carbocycles. The molecule has 0 radical (unpaired) electrons. The molecule has 2 unspecified atom stereocenters. The fourth-order valence-electron chi connectivity index (χ4n) is 2.41. The minimum Gasteiger partial charge on any atom is -0.491 e. The molecule has 1 aliphatic rings. The average molecular weight is 311 g/mol. The maximum absolute atomic E-state index is 12.3. The Kier molecular flexibility index (Phi) is 6.21. The van der Waals surface area contributed by atoms with Crippen molar-refractivity contribution in [3.05, 3.63) is 29.8 Å². The number of hydrogen-bond donors (Lipinski definition) is 1. The molecule has 0 saturated carbocycles. The van der Waals surface area contributed by atoms with Crippen LogP contribution < -0.4 is 10.5 Å². The minimum absolute atomic E-state index is 0.158. The van der Waals surface area contributed by atoms with Crippen LogP contribution in [-0.4, -0.2) is 34.5 Å². The Labute approximate surface area is 129 Å². The van der Waals surface area contributed by atoms with E-state index in [-0.39, 0.29) is 17.4 Å². The van der Waals surface area contributed by atoms with Crippen LogP contribution in [0, 0.1) is 0 Å². The van der Waals surface area contributed by atoms with Crippen LogP contribution in [0.5, 0.6) is 5.75 Å². The first-order valence-electron chi connectivity index (χ1n) is 7.53. The highest BCUT2D eigenvalue weighted by atomic mass is 32.2. The lowest BCUT2D eigenvalue weighted by molar-refractivity contribution is 0.0992. The van der Waals surface area contributed by atoms with E-state index in [1.54, 1.807) is 0 Å². The first-order valence-corrected chi connectivity index (χ1v) is 8.91. The highest BCUT2D eigenvalue weighted by Gasteiger charge is 2.22. The molecule has 0 amide bonds. The minimum atomic E-state index is -0.888. The second-order valence-corrected chi connectivity index (χ2v) is 7.46. The van der Waals surface area contributed by atoms with Crippen LogP contribution >= 0.6 is 0 Å². The van der Waals surface area contributed by atoms with Crippen molar-refractivity contribution >= 4 is 10.8 Å². The monoisotopic (exact) mass is 311 g/mol. The van der Waals surface area contributed by atoms with Crippen molar-refractivity contribution in [1.82, 2.24) is 0 Å². The molecule has 0 bridgehead atoms. The summed E-state index contributed by atoms with van der Waals surface area (Å²) in [5.74, 6) is 1.35. The Bertz CT molecular complexity index is 455. The number of ether oxygens (including phenoxy) is 2. The van der Waals surface area contributed by atoms with E-state index in [0.29, 0.717) is 19.0 Å². The Morgan fingerprint density at radius 3 is 2.48 bits per heavy atom. The van der Waals surface area contributed by atoms with E-state index in [1.807, 2.05) is 38.1 Å². The van der Waals surface area contributed by atoms with Gasteiger partial charge in [0.2, 0.25) is 0 Å². The summed E-state index contributed by atoms with van der Waals surface area (Å²) in [5, 5.41) is 0.230. The summed E-state index contributed by atoms with van der Waals surface area (Å²) in [6.45, 7) is 5.42. The van der Waals surface area contributed by atoms with Crippen molar-refractivity contribution < 1.29 is 13.7 Å². The van der Waals surface area contributed by atoms with E-state index in [2.05, 4.69) is 0 Å². The van der Waals surface area contributed by atoms with Crippen LogP contribution in [0.4, 0.5) is 0 Å². The fourth-order valence-corrected chi connectivity index (χ4v) is 3.95. The fraction of sp³-hybridized carbons (Fsp3) is 0.625. The molecule has 2 atom stereocenters. The third-order valence-corrected chi connectivity index (χ3v) is 5.47. The zero-order valence-electron chi connectivity index (χ0n) is 12.8. The maximum Gasteiger partial charge on any atom is 0.119 e. The van der Waals surface area contributed by atoms with Gasteiger partial charge in [0.15, 0.2) is 0 Å². The number of benzene rings is 1. The van der Waals surface area contributed by atoms with Gasteiger partial charge in [0.1, 0.15) is 5.75 Å². The van der Waals surface area contributed by atoms with Gasteiger partial charge in [-0.25, -0.2) is 0 Å². The van der Waals surface area contributed by atoms with Gasteiger partial charge in [-0.1, -0.05) is 12.1 Å². The van der Waals surface area contributed by atoms with E-state index in [9.17, 15) is 4.21 Å². The van der Waals surface area contributed by atoms with Crippen molar-refractivity contribution in [1.29, 1.82) is 0 Å². The predicted molar refractivity (Wildman–Crippen MR) is 86.0 cm³/mol. The normalized spacial score (nSPS) is 19.4. The largest absolute Gasteiger partial charge is 0.491 e. The summed E-state index contributed by atoms with van der Waals surface area (Å²) in [6, 6.07) is 7.58. The van der Waals surface area contributed by atoms with Crippen LogP contribution in [0.1, 0.15) is 38.3 Å². The molecule has 5 heteroatoms. The van der Waals surface area contributed by atoms with Gasteiger partial charge in [0, 0.05) is 41.1 Å². The van der Waals surface area contributed by atoms with Crippen LogP contribution in [0.3, 0.4) is 0 Å². The lowest BCUT2D eigenvalue weighted by Crippen LogP contribution is -2.30. The summed E-state index contributed by atoms with van der Waals surface area (Å²) in [7, 11) is -0.888. The zero-order chi connectivity index (χ0) is 15.2. The van der Waals surface area contributed by atoms with Gasteiger partial charge in [0.05, 0.1) is 6.10 Å². The summed E-state index contributed by atoms with van der Waals surface area (Å²) in [6.07, 6.45) is 1.91. The molecule has 1 heterocycles. The molecule has 0 aromatic heterocycles. The molecule has 2 N–H and O–H groups in total. The molecule has 4 nitrogen and oxygen atoms in total. The van der Waals surface area contributed by atoms with E-state index >= 15 is 0 Å². The lowest BCUT2D eigenvalue weighted by atomic mass is 10.1. The smallest absolute Gasteiger partial charge is 0.119 e. The molecule has 0 spiro atoms. The van der Waals surface area contributed by atoms with Crippen LogP contribution in [0.25, 0.3) is 0 Å². The van der Waals surface area contributed by atoms with Gasteiger partial charge < -0.3 is 15.2 Å². The van der Waals surface area contributed by atoms with Crippen molar-refractivity contribution in [2.75, 3.05) is 19.0 Å². The van der Waals surface area contributed by atoms with Crippen LogP contribution in [0.15, 0.2) is 24.3 Å². The van der Waals surface area contributed by atoms with Crippen LogP contribution in [-0.2, 0) is 15.5 Å². The van der Waals surface area contributed by atoms with Gasteiger partial charge in [-0.15, -0.1) is 0 Å². The molecule has 1 aliphatic heterocycles. The summed E-state index contributed by atoms with van der Waals surface area (Å²) < 4.78 is 23.3. The molecular weight excluding hydrogens is 286 g/mol. The molecule has 2 rings (SSSR count). The summed E-state index contributed by atoms with van der Waals surface area (Å²) in [4.78, 5) is 0. The number of hydrogen-bond acceptors (Lipinski definition) is 4. The van der Waals surface area contributed by atoms with Crippen LogP contribution in [0.2, 0.25) is 0 Å². The molecule has 1 fully saturated rings. The third-order valence-electron chi connectivity index (χ3n) is 3.56. The second-order valence-electron chi connectivity index (χ2n) is 5.70. The van der Waals surface area contributed by atoms with Crippen molar-refractivity contribution in [3.8, 4) is 5.75 Å². The van der Waals surface area contributed by atoms with Gasteiger partial charge >= 0.3 is 0 Å². The van der Waals surface area contributed by atoms with Gasteiger partial charge in [-0.3, -0.25) is 4.21 Å². The topological polar surface area (TPSA) is 61.5 Å². The maximum atomic E-state index is 12.3. The van der Waals surface area contributed by atoms with E-state index in [1.165, 1.54) is 0 Å². The van der Waals surface area contributed by atoms with Crippen molar-refractivity contribution in [2.45, 2.75) is 44.1 Å². The molecule has 118 valence electrons. The Morgan fingerprint density at radius 1 is 1.29 bits per heavy atom.